The second-order valence-corrected chi connectivity index (χ2v) is 1.43. The molecular weight excluding hydrogens is 154 g/mol. The van der Waals surface area contributed by atoms with Gasteiger partial charge in [0.15, 0.2) is 0 Å². The summed E-state index contributed by atoms with van der Waals surface area (Å²) in [6, 6.07) is 0. The molecule has 6 heteroatoms. The SMILES string of the molecule is NC(=O)CCC(N)=O.[NaH].[NaH]. The normalized spacial score (nSPS) is 6.80. The average Bonchev–Trinajstić information content (AvgIpc) is 1.61. The van der Waals surface area contributed by atoms with Crippen LogP contribution < -0.4 is 11.5 Å². The van der Waals surface area contributed by atoms with Gasteiger partial charge >= 0.3 is 59.1 Å². The molecule has 0 saturated heterocycles. The van der Waals surface area contributed by atoms with Crippen LogP contribution in [0.1, 0.15) is 12.8 Å². The molecule has 0 fully saturated rings. The van der Waals surface area contributed by atoms with E-state index in [0.717, 1.165) is 0 Å². The van der Waals surface area contributed by atoms with Gasteiger partial charge in [-0.15, -0.1) is 0 Å². The first-order chi connectivity index (χ1) is 3.63. The van der Waals surface area contributed by atoms with E-state index in [1.807, 2.05) is 0 Å². The molecule has 50 valence electrons. The Morgan fingerprint density at radius 2 is 1.10 bits per heavy atom. The molecule has 0 aromatic rings. The first-order valence-corrected chi connectivity index (χ1v) is 2.19. The van der Waals surface area contributed by atoms with Crippen molar-refractivity contribution in [1.82, 2.24) is 0 Å². The number of carbonyl (C=O) groups is 2. The summed E-state index contributed by atoms with van der Waals surface area (Å²) in [5, 5.41) is 0. The van der Waals surface area contributed by atoms with Crippen molar-refractivity contribution in [2.75, 3.05) is 0 Å². The molecule has 4 nitrogen and oxygen atoms in total. The first-order valence-electron chi connectivity index (χ1n) is 2.19. The molecule has 10 heavy (non-hydrogen) atoms. The number of nitrogens with two attached hydrogens (primary N) is 2. The van der Waals surface area contributed by atoms with Crippen molar-refractivity contribution in [2.45, 2.75) is 12.8 Å². The topological polar surface area (TPSA) is 86.2 Å². The summed E-state index contributed by atoms with van der Waals surface area (Å²) >= 11 is 0. The molecule has 0 radical (unpaired) electrons. The van der Waals surface area contributed by atoms with Gasteiger partial charge in [0.2, 0.25) is 11.8 Å². The summed E-state index contributed by atoms with van der Waals surface area (Å²) < 4.78 is 0. The van der Waals surface area contributed by atoms with Crippen LogP contribution in [-0.4, -0.2) is 70.9 Å². The van der Waals surface area contributed by atoms with Gasteiger partial charge in [0.05, 0.1) is 0 Å². The monoisotopic (exact) mass is 164 g/mol. The van der Waals surface area contributed by atoms with Gasteiger partial charge in [0.1, 0.15) is 0 Å². The zero-order chi connectivity index (χ0) is 6.57. The number of rotatable bonds is 3. The van der Waals surface area contributed by atoms with E-state index in [9.17, 15) is 9.59 Å². The van der Waals surface area contributed by atoms with E-state index < -0.39 is 11.8 Å². The number of primary amides is 2. The van der Waals surface area contributed by atoms with Gasteiger partial charge in [0.25, 0.3) is 0 Å². The maximum atomic E-state index is 9.92. The van der Waals surface area contributed by atoms with E-state index in [-0.39, 0.29) is 72.0 Å². The van der Waals surface area contributed by atoms with Crippen molar-refractivity contribution in [1.29, 1.82) is 0 Å². The molecule has 0 aromatic carbocycles. The number of carbonyl (C=O) groups excluding carboxylic acids is 2. The van der Waals surface area contributed by atoms with Gasteiger partial charge < -0.3 is 11.5 Å². The summed E-state index contributed by atoms with van der Waals surface area (Å²) in [7, 11) is 0. The van der Waals surface area contributed by atoms with Gasteiger partial charge in [0, 0.05) is 12.8 Å². The predicted molar refractivity (Wildman–Crippen MR) is 41.9 cm³/mol. The third kappa shape index (κ3) is 16.0. The van der Waals surface area contributed by atoms with Crippen molar-refractivity contribution in [3.05, 3.63) is 0 Å². The number of hydrogen-bond acceptors (Lipinski definition) is 2. The average molecular weight is 164 g/mol. The second-order valence-electron chi connectivity index (χ2n) is 1.43. The summed E-state index contributed by atoms with van der Waals surface area (Å²) in [6.07, 6.45) is 0.102. The Morgan fingerprint density at radius 1 is 0.900 bits per heavy atom. The van der Waals surface area contributed by atoms with E-state index in [0.29, 0.717) is 0 Å². The Bertz CT molecular complexity index is 104. The van der Waals surface area contributed by atoms with Crippen LogP contribution in [0, 0.1) is 0 Å². The van der Waals surface area contributed by atoms with Crippen LogP contribution in [0.15, 0.2) is 0 Å². The molecule has 0 aliphatic carbocycles. The Balaban J connectivity index is -0.000000245. The fourth-order valence-electron chi connectivity index (χ4n) is 0.246. The molecule has 0 atom stereocenters. The van der Waals surface area contributed by atoms with Crippen molar-refractivity contribution >= 4 is 70.9 Å². The molecule has 0 rings (SSSR count). The Kier molecular flexibility index (Phi) is 17.0. The fraction of sp³-hybridized carbons (Fsp3) is 0.500. The van der Waals surface area contributed by atoms with Gasteiger partial charge in [-0.05, 0) is 0 Å². The van der Waals surface area contributed by atoms with E-state index in [1.165, 1.54) is 0 Å². The van der Waals surface area contributed by atoms with E-state index in [4.69, 9.17) is 11.5 Å². The third-order valence-corrected chi connectivity index (χ3v) is 0.618. The van der Waals surface area contributed by atoms with Crippen molar-refractivity contribution in [3.63, 3.8) is 0 Å². The van der Waals surface area contributed by atoms with Gasteiger partial charge in [-0.1, -0.05) is 0 Å². The van der Waals surface area contributed by atoms with Crippen LogP contribution in [0.3, 0.4) is 0 Å². The number of hydrogen-bond donors (Lipinski definition) is 2. The molecule has 0 spiro atoms. The van der Waals surface area contributed by atoms with Gasteiger partial charge in [-0.3, -0.25) is 9.59 Å². The van der Waals surface area contributed by atoms with Gasteiger partial charge in [-0.25, -0.2) is 0 Å². The molecule has 0 aliphatic heterocycles. The van der Waals surface area contributed by atoms with Crippen LogP contribution >= 0.6 is 0 Å². The minimum atomic E-state index is -0.496. The van der Waals surface area contributed by atoms with Crippen LogP contribution in [0.5, 0.6) is 0 Å². The standard InChI is InChI=1S/C4H8N2O2.2Na.2H/c5-3(7)1-2-4(6)8;;;;/h1-2H2,(H2,5,7)(H2,6,8);;;;. The molecule has 0 heterocycles. The molecule has 2 amide bonds. The molecule has 0 bridgehead atoms. The summed E-state index contributed by atoms with van der Waals surface area (Å²) in [5.41, 5.74) is 9.39. The van der Waals surface area contributed by atoms with E-state index in [2.05, 4.69) is 0 Å². The van der Waals surface area contributed by atoms with E-state index >= 15 is 0 Å². The summed E-state index contributed by atoms with van der Waals surface area (Å²) in [6.45, 7) is 0. The Labute approximate surface area is 104 Å². The van der Waals surface area contributed by atoms with Crippen LogP contribution in [0.2, 0.25) is 0 Å². The third-order valence-electron chi connectivity index (χ3n) is 0.618. The zero-order valence-corrected chi connectivity index (χ0v) is 4.39. The van der Waals surface area contributed by atoms with Crippen molar-refractivity contribution in [2.24, 2.45) is 11.5 Å². The molecule has 0 saturated carbocycles. The maximum absolute atomic E-state index is 9.92. The first kappa shape index (κ1) is 17.1. The Hall–Kier alpha value is 0.940. The predicted octanol–water partition coefficient (Wildman–Crippen LogP) is -2.56. The molecule has 0 unspecified atom stereocenters. The van der Waals surface area contributed by atoms with Crippen molar-refractivity contribution in [3.8, 4) is 0 Å². The zero-order valence-electron chi connectivity index (χ0n) is 4.39. The number of amides is 2. The van der Waals surface area contributed by atoms with E-state index in [1.54, 1.807) is 0 Å². The second kappa shape index (κ2) is 9.94. The van der Waals surface area contributed by atoms with Crippen molar-refractivity contribution < 1.29 is 9.59 Å². The molecule has 4 N–H and O–H groups in total. The summed E-state index contributed by atoms with van der Waals surface area (Å²) in [4.78, 5) is 19.8. The fourth-order valence-corrected chi connectivity index (χ4v) is 0.246. The Morgan fingerprint density at radius 3 is 1.20 bits per heavy atom. The molecule has 0 aliphatic rings. The summed E-state index contributed by atoms with van der Waals surface area (Å²) in [5.74, 6) is -0.993. The molecular formula is C4H10N2Na2O2. The van der Waals surface area contributed by atoms with Gasteiger partial charge in [-0.2, -0.15) is 0 Å². The quantitative estimate of drug-likeness (QED) is 0.449. The molecule has 0 aromatic heterocycles. The van der Waals surface area contributed by atoms with Crippen LogP contribution in [0.4, 0.5) is 0 Å². The van der Waals surface area contributed by atoms with Crippen LogP contribution in [-0.2, 0) is 9.59 Å². The van der Waals surface area contributed by atoms with Crippen LogP contribution in [0.25, 0.3) is 0 Å². The minimum absolute atomic E-state index is 0.